The van der Waals surface area contributed by atoms with Gasteiger partial charge in [-0.3, -0.25) is 14.5 Å². The van der Waals surface area contributed by atoms with Crippen molar-refractivity contribution in [3.8, 4) is 0 Å². The Balaban J connectivity index is 1.91. The van der Waals surface area contributed by atoms with Crippen molar-refractivity contribution in [2.45, 2.75) is 84.5 Å². The highest BCUT2D eigenvalue weighted by atomic mass is 19.1. The van der Waals surface area contributed by atoms with Gasteiger partial charge < -0.3 is 15.3 Å². The molecule has 0 bridgehead atoms. The Hall–Kier alpha value is -2.06. The van der Waals surface area contributed by atoms with Crippen molar-refractivity contribution >= 4 is 17.7 Å². The molecular weight excluding hydrogens is 465 g/mol. The van der Waals surface area contributed by atoms with Crippen molar-refractivity contribution in [2.24, 2.45) is 34.0 Å². The molecule has 8 heteroatoms. The molecule has 4 aliphatic rings. The van der Waals surface area contributed by atoms with Crippen LogP contribution in [0.4, 0.5) is 9.18 Å². The summed E-state index contributed by atoms with van der Waals surface area (Å²) in [5.74, 6) is -2.33. The standard InChI is InChI=1S/C28H40FNO6/c1-16-11-20-19-8-7-17-12-18(32)9-10-25(17,5)27(19,29)21(33)13-26(20,6)28(16,22(34)14-31)30(23(35)36)15-24(2,3)4/h9-10,12,16,19-21,31,33H,7-8,11,13-15H2,1-6H3,(H,35,36)/t16-,19?,20?,21-,25-,26-,27?,28+/m0/s1. The molecule has 36 heavy (non-hydrogen) atoms. The predicted molar refractivity (Wildman–Crippen MR) is 132 cm³/mol. The maximum Gasteiger partial charge on any atom is 0.408 e. The number of hydrogen-bond acceptors (Lipinski definition) is 5. The third-order valence-electron chi connectivity index (χ3n) is 10.1. The Morgan fingerprint density at radius 1 is 1.22 bits per heavy atom. The molecule has 0 radical (unpaired) electrons. The average molecular weight is 506 g/mol. The van der Waals surface area contributed by atoms with Crippen molar-refractivity contribution in [2.75, 3.05) is 13.2 Å². The van der Waals surface area contributed by atoms with Crippen LogP contribution in [0.3, 0.4) is 0 Å². The lowest BCUT2D eigenvalue weighted by Crippen LogP contribution is -2.73. The highest BCUT2D eigenvalue weighted by molar-refractivity contribution is 6.01. The van der Waals surface area contributed by atoms with Crippen LogP contribution in [0.2, 0.25) is 0 Å². The zero-order valence-corrected chi connectivity index (χ0v) is 22.2. The van der Waals surface area contributed by atoms with Gasteiger partial charge in [-0.1, -0.05) is 46.3 Å². The number of fused-ring (bicyclic) bond motifs is 5. The van der Waals surface area contributed by atoms with E-state index < -0.39 is 69.8 Å². The molecule has 3 N–H and O–H groups in total. The van der Waals surface area contributed by atoms with E-state index in [1.807, 2.05) is 34.6 Å². The Labute approximate surface area is 212 Å². The minimum Gasteiger partial charge on any atom is -0.465 e. The van der Waals surface area contributed by atoms with Gasteiger partial charge in [0, 0.05) is 23.3 Å². The number of carboxylic acid groups (broad SMARTS) is 1. The van der Waals surface area contributed by atoms with Crippen LogP contribution in [0.1, 0.15) is 67.2 Å². The number of aliphatic hydroxyl groups is 2. The number of halogens is 1. The normalized spacial score (nSPS) is 43.8. The van der Waals surface area contributed by atoms with Crippen molar-refractivity contribution in [1.29, 1.82) is 0 Å². The van der Waals surface area contributed by atoms with Crippen LogP contribution >= 0.6 is 0 Å². The van der Waals surface area contributed by atoms with E-state index in [-0.39, 0.29) is 18.7 Å². The van der Waals surface area contributed by atoms with Gasteiger partial charge in [-0.2, -0.15) is 0 Å². The Morgan fingerprint density at radius 2 is 1.86 bits per heavy atom. The number of nitrogens with zero attached hydrogens (tertiary/aromatic N) is 1. The summed E-state index contributed by atoms with van der Waals surface area (Å²) in [4.78, 5) is 39.7. The van der Waals surface area contributed by atoms with E-state index in [1.165, 1.54) is 17.1 Å². The Morgan fingerprint density at radius 3 is 2.42 bits per heavy atom. The molecule has 0 aromatic carbocycles. The Bertz CT molecular complexity index is 1050. The van der Waals surface area contributed by atoms with Gasteiger partial charge in [0.2, 0.25) is 0 Å². The van der Waals surface area contributed by atoms with Gasteiger partial charge >= 0.3 is 6.09 Å². The molecule has 3 unspecified atom stereocenters. The molecule has 4 rings (SSSR count). The van der Waals surface area contributed by atoms with Crippen LogP contribution in [-0.4, -0.2) is 68.3 Å². The number of carbonyl (C=O) groups is 3. The number of aliphatic hydroxyl groups excluding tert-OH is 2. The maximum atomic E-state index is 17.4. The molecule has 0 heterocycles. The van der Waals surface area contributed by atoms with Gasteiger partial charge in [0.15, 0.2) is 17.2 Å². The van der Waals surface area contributed by atoms with Crippen LogP contribution < -0.4 is 0 Å². The predicted octanol–water partition coefficient (Wildman–Crippen LogP) is 3.93. The van der Waals surface area contributed by atoms with Gasteiger partial charge in [-0.15, -0.1) is 0 Å². The molecule has 0 aliphatic heterocycles. The monoisotopic (exact) mass is 505 g/mol. The number of carbonyl (C=O) groups excluding carboxylic acids is 2. The van der Waals surface area contributed by atoms with Crippen LogP contribution in [-0.2, 0) is 9.59 Å². The summed E-state index contributed by atoms with van der Waals surface area (Å²) in [6, 6.07) is 0. The van der Waals surface area contributed by atoms with E-state index in [1.54, 1.807) is 13.0 Å². The second-order valence-electron chi connectivity index (χ2n) is 13.2. The fourth-order valence-electron chi connectivity index (χ4n) is 8.80. The van der Waals surface area contributed by atoms with E-state index in [2.05, 4.69) is 0 Å². The summed E-state index contributed by atoms with van der Waals surface area (Å²) in [6.07, 6.45) is 2.82. The number of rotatable bonds is 4. The smallest absolute Gasteiger partial charge is 0.408 e. The van der Waals surface area contributed by atoms with E-state index in [9.17, 15) is 29.7 Å². The number of alkyl halides is 1. The highest BCUT2D eigenvalue weighted by Gasteiger charge is 2.77. The molecule has 3 saturated carbocycles. The van der Waals surface area contributed by atoms with Gasteiger partial charge in [0.05, 0.1) is 6.10 Å². The molecule has 3 fully saturated rings. The lowest BCUT2D eigenvalue weighted by molar-refractivity contribution is -0.208. The average Bonchev–Trinajstić information content (AvgIpc) is 2.99. The van der Waals surface area contributed by atoms with Crippen LogP contribution in [0.15, 0.2) is 23.8 Å². The molecule has 4 aliphatic carbocycles. The summed E-state index contributed by atoms with van der Waals surface area (Å²) in [7, 11) is 0. The number of hydrogen-bond donors (Lipinski definition) is 3. The van der Waals surface area contributed by atoms with E-state index in [0.29, 0.717) is 24.8 Å². The van der Waals surface area contributed by atoms with Crippen molar-refractivity contribution in [3.05, 3.63) is 23.8 Å². The van der Waals surface area contributed by atoms with Gasteiger partial charge in [-0.25, -0.2) is 9.18 Å². The third-order valence-corrected chi connectivity index (χ3v) is 10.1. The van der Waals surface area contributed by atoms with Crippen LogP contribution in [0.5, 0.6) is 0 Å². The maximum absolute atomic E-state index is 17.4. The first-order valence-electron chi connectivity index (χ1n) is 13.0. The fourth-order valence-corrected chi connectivity index (χ4v) is 8.80. The first kappa shape index (κ1) is 27.0. The molecular formula is C28H40FNO6. The zero-order chi connectivity index (χ0) is 27.1. The topological polar surface area (TPSA) is 115 Å². The lowest BCUT2D eigenvalue weighted by Gasteiger charge is -2.64. The second-order valence-corrected chi connectivity index (χ2v) is 13.2. The largest absolute Gasteiger partial charge is 0.465 e. The van der Waals surface area contributed by atoms with Gasteiger partial charge in [0.1, 0.15) is 12.1 Å². The highest BCUT2D eigenvalue weighted by Crippen LogP contribution is 2.71. The fraction of sp³-hybridized carbons (Fsp3) is 0.750. The molecule has 0 spiro atoms. The molecule has 1 amide bonds. The summed E-state index contributed by atoms with van der Waals surface area (Å²) in [5.41, 5.74) is -5.76. The number of Topliss-reactive ketones (excluding diaryl/α,β-unsaturated/α-hetero) is 1. The van der Waals surface area contributed by atoms with Crippen LogP contribution in [0.25, 0.3) is 0 Å². The summed E-state index contributed by atoms with van der Waals surface area (Å²) in [6.45, 7) is 10.2. The first-order valence-corrected chi connectivity index (χ1v) is 13.0. The molecule has 8 atom stereocenters. The third kappa shape index (κ3) is 3.25. The van der Waals surface area contributed by atoms with E-state index >= 15 is 4.39 Å². The van der Waals surface area contributed by atoms with E-state index in [4.69, 9.17) is 0 Å². The second kappa shape index (κ2) is 8.22. The zero-order valence-electron chi connectivity index (χ0n) is 22.2. The van der Waals surface area contributed by atoms with E-state index in [0.717, 1.165) is 0 Å². The molecule has 200 valence electrons. The summed E-state index contributed by atoms with van der Waals surface area (Å²) in [5, 5.41) is 32.1. The quantitative estimate of drug-likeness (QED) is 0.533. The number of amides is 1. The molecule has 0 aromatic heterocycles. The number of allylic oxidation sites excluding steroid dienone is 4. The minimum absolute atomic E-state index is 0.0533. The van der Waals surface area contributed by atoms with Crippen LogP contribution in [0, 0.1) is 34.0 Å². The minimum atomic E-state index is -2.07. The first-order chi connectivity index (χ1) is 16.5. The van der Waals surface area contributed by atoms with Crippen molar-refractivity contribution < 1.29 is 34.1 Å². The molecule has 7 nitrogen and oxygen atoms in total. The van der Waals surface area contributed by atoms with Gasteiger partial charge in [0.25, 0.3) is 0 Å². The SMILES string of the molecule is C[C@H]1CC2C3CCC4=CC(=O)C=C[C@]4(C)C3(F)[C@@H](O)C[C@]2(C)[C@@]1(C(=O)CO)N(CC(C)(C)C)C(=O)O. The summed E-state index contributed by atoms with van der Waals surface area (Å²) < 4.78 is 17.4. The molecule has 0 saturated heterocycles. The Kier molecular flexibility index (Phi) is 6.16. The lowest BCUT2D eigenvalue weighted by atomic mass is 9.44. The summed E-state index contributed by atoms with van der Waals surface area (Å²) >= 11 is 0. The van der Waals surface area contributed by atoms with Crippen molar-refractivity contribution in [3.63, 3.8) is 0 Å². The van der Waals surface area contributed by atoms with Gasteiger partial charge in [-0.05, 0) is 62.0 Å². The number of ketones is 2. The van der Waals surface area contributed by atoms with Crippen molar-refractivity contribution in [1.82, 2.24) is 4.90 Å². The molecule has 0 aromatic rings.